The number of aryl methyl sites for hydroxylation is 1. The molecule has 0 saturated carbocycles. The number of carbonyl (C=O) groups excluding carboxylic acids is 1. The number of aromatic nitrogens is 3. The van der Waals surface area contributed by atoms with E-state index in [9.17, 15) is 4.79 Å². The summed E-state index contributed by atoms with van der Waals surface area (Å²) >= 11 is 0. The Morgan fingerprint density at radius 2 is 1.82 bits per heavy atom. The minimum absolute atomic E-state index is 0.146. The summed E-state index contributed by atoms with van der Waals surface area (Å²) < 4.78 is 14.8. The molecular formula is C21H26N4O3. The van der Waals surface area contributed by atoms with Gasteiger partial charge in [0.15, 0.2) is 11.5 Å². The fraction of sp³-hybridized carbons (Fsp3) is 0.333. The summed E-state index contributed by atoms with van der Waals surface area (Å²) in [7, 11) is 1.82. The molecule has 0 aliphatic carbocycles. The summed E-state index contributed by atoms with van der Waals surface area (Å²) in [4.78, 5) is 12.7. The van der Waals surface area contributed by atoms with Gasteiger partial charge in [0.2, 0.25) is 0 Å². The number of amides is 1. The van der Waals surface area contributed by atoms with Crippen molar-refractivity contribution in [3.63, 3.8) is 0 Å². The fourth-order valence-electron chi connectivity index (χ4n) is 3.04. The molecule has 2 heterocycles. The third-order valence-corrected chi connectivity index (χ3v) is 4.31. The van der Waals surface area contributed by atoms with Gasteiger partial charge in [-0.3, -0.25) is 9.48 Å². The van der Waals surface area contributed by atoms with Crippen LogP contribution < -0.4 is 14.8 Å². The second kappa shape index (κ2) is 9.12. The Kier molecular flexibility index (Phi) is 6.37. The van der Waals surface area contributed by atoms with Crippen LogP contribution in [-0.4, -0.2) is 40.0 Å². The molecular weight excluding hydrogens is 356 g/mol. The van der Waals surface area contributed by atoms with Crippen molar-refractivity contribution in [1.82, 2.24) is 19.7 Å². The number of benzene rings is 1. The molecule has 2 aromatic heterocycles. The minimum Gasteiger partial charge on any atom is -0.490 e. The third-order valence-electron chi connectivity index (χ3n) is 4.31. The van der Waals surface area contributed by atoms with Crippen molar-refractivity contribution in [2.24, 2.45) is 7.05 Å². The molecule has 0 bridgehead atoms. The zero-order chi connectivity index (χ0) is 19.9. The summed E-state index contributed by atoms with van der Waals surface area (Å²) in [6, 6.07) is 9.70. The Morgan fingerprint density at radius 1 is 1.11 bits per heavy atom. The molecule has 28 heavy (non-hydrogen) atoms. The Balaban J connectivity index is 1.64. The van der Waals surface area contributed by atoms with Crippen LogP contribution in [0.5, 0.6) is 11.5 Å². The van der Waals surface area contributed by atoms with E-state index in [-0.39, 0.29) is 5.91 Å². The zero-order valence-electron chi connectivity index (χ0n) is 16.5. The highest BCUT2D eigenvalue weighted by Gasteiger charge is 2.17. The van der Waals surface area contributed by atoms with E-state index in [1.54, 1.807) is 10.9 Å². The van der Waals surface area contributed by atoms with E-state index >= 15 is 0 Å². The van der Waals surface area contributed by atoms with E-state index in [1.165, 1.54) is 0 Å². The highest BCUT2D eigenvalue weighted by atomic mass is 16.5. The monoisotopic (exact) mass is 382 g/mol. The lowest BCUT2D eigenvalue weighted by atomic mass is 10.1. The molecule has 0 fully saturated rings. The summed E-state index contributed by atoms with van der Waals surface area (Å²) in [5.41, 5.74) is 1.62. The quantitative estimate of drug-likeness (QED) is 0.618. The number of nitrogens with zero attached hydrogens (tertiary/aromatic N) is 3. The number of hydrogen-bond acceptors (Lipinski definition) is 4. The van der Waals surface area contributed by atoms with E-state index < -0.39 is 0 Å². The SMILES string of the molecule is CCOc1ccc(CCNC(=O)c2cnn(C)c2-n2cccc2)cc1OCC. The van der Waals surface area contributed by atoms with Gasteiger partial charge in [0.25, 0.3) is 5.91 Å². The molecule has 3 aromatic rings. The molecule has 0 aliphatic rings. The number of hydrogen-bond donors (Lipinski definition) is 1. The van der Waals surface area contributed by atoms with Crippen molar-refractivity contribution in [2.75, 3.05) is 19.8 Å². The Bertz CT molecular complexity index is 916. The predicted molar refractivity (Wildman–Crippen MR) is 107 cm³/mol. The molecule has 0 unspecified atom stereocenters. The van der Waals surface area contributed by atoms with Gasteiger partial charge in [-0.25, -0.2) is 0 Å². The van der Waals surface area contributed by atoms with Crippen molar-refractivity contribution >= 4 is 5.91 Å². The molecule has 0 saturated heterocycles. The lowest BCUT2D eigenvalue weighted by molar-refractivity contribution is 0.0954. The Hall–Kier alpha value is -3.22. The Labute approximate surface area is 164 Å². The average Bonchev–Trinajstić information content (AvgIpc) is 3.33. The van der Waals surface area contributed by atoms with Crippen molar-refractivity contribution in [3.8, 4) is 17.3 Å². The van der Waals surface area contributed by atoms with Gasteiger partial charge in [0, 0.05) is 26.0 Å². The molecule has 0 radical (unpaired) electrons. The van der Waals surface area contributed by atoms with Crippen LogP contribution >= 0.6 is 0 Å². The second-order valence-corrected chi connectivity index (χ2v) is 6.25. The van der Waals surface area contributed by atoms with Gasteiger partial charge in [0.05, 0.1) is 19.4 Å². The predicted octanol–water partition coefficient (Wildman–Crippen LogP) is 2.98. The van der Waals surface area contributed by atoms with Gasteiger partial charge in [-0.15, -0.1) is 0 Å². The summed E-state index contributed by atoms with van der Waals surface area (Å²) in [6.45, 7) is 5.56. The van der Waals surface area contributed by atoms with Crippen LogP contribution in [-0.2, 0) is 13.5 Å². The van der Waals surface area contributed by atoms with Gasteiger partial charge in [-0.2, -0.15) is 5.10 Å². The van der Waals surface area contributed by atoms with Gasteiger partial charge in [-0.1, -0.05) is 6.07 Å². The van der Waals surface area contributed by atoms with E-state index in [2.05, 4.69) is 10.4 Å². The molecule has 7 heteroatoms. The van der Waals surface area contributed by atoms with Gasteiger partial charge in [0.1, 0.15) is 11.4 Å². The molecule has 1 amide bonds. The molecule has 1 N–H and O–H groups in total. The topological polar surface area (TPSA) is 70.3 Å². The maximum Gasteiger partial charge on any atom is 0.256 e. The van der Waals surface area contributed by atoms with Crippen LogP contribution in [0, 0.1) is 0 Å². The minimum atomic E-state index is -0.146. The van der Waals surface area contributed by atoms with Gasteiger partial charge in [-0.05, 0) is 50.1 Å². The van der Waals surface area contributed by atoms with Crippen molar-refractivity contribution in [1.29, 1.82) is 0 Å². The van der Waals surface area contributed by atoms with Crippen LogP contribution in [0.1, 0.15) is 29.8 Å². The molecule has 0 atom stereocenters. The first-order chi connectivity index (χ1) is 13.6. The number of ether oxygens (including phenoxy) is 2. The third kappa shape index (κ3) is 4.36. The second-order valence-electron chi connectivity index (χ2n) is 6.25. The lowest BCUT2D eigenvalue weighted by Crippen LogP contribution is -2.26. The maximum absolute atomic E-state index is 12.7. The summed E-state index contributed by atoms with van der Waals surface area (Å²) in [6.07, 6.45) is 6.07. The van der Waals surface area contributed by atoms with Crippen molar-refractivity contribution in [3.05, 3.63) is 60.0 Å². The molecule has 3 rings (SSSR count). The van der Waals surface area contributed by atoms with Crippen molar-refractivity contribution < 1.29 is 14.3 Å². The largest absolute Gasteiger partial charge is 0.490 e. The highest BCUT2D eigenvalue weighted by molar-refractivity contribution is 5.97. The molecule has 1 aromatic carbocycles. The van der Waals surface area contributed by atoms with Gasteiger partial charge >= 0.3 is 0 Å². The van der Waals surface area contributed by atoms with E-state index in [0.29, 0.717) is 31.7 Å². The standard InChI is InChI=1S/C21H26N4O3/c1-4-27-18-9-8-16(14-19(18)28-5-2)10-11-22-20(26)17-15-23-24(3)21(17)25-12-6-7-13-25/h6-9,12-15H,4-5,10-11H2,1-3H3,(H,22,26). The van der Waals surface area contributed by atoms with Crippen LogP contribution in [0.25, 0.3) is 5.82 Å². The zero-order valence-corrected chi connectivity index (χ0v) is 16.5. The smallest absolute Gasteiger partial charge is 0.256 e. The first kappa shape index (κ1) is 19.5. The lowest BCUT2D eigenvalue weighted by Gasteiger charge is -2.13. The molecule has 0 spiro atoms. The number of nitrogens with one attached hydrogen (secondary N) is 1. The van der Waals surface area contributed by atoms with Crippen LogP contribution in [0.3, 0.4) is 0 Å². The number of rotatable bonds is 9. The van der Waals surface area contributed by atoms with Crippen LogP contribution in [0.2, 0.25) is 0 Å². The van der Waals surface area contributed by atoms with E-state index in [0.717, 1.165) is 22.9 Å². The average molecular weight is 382 g/mol. The molecule has 148 valence electrons. The fourth-order valence-corrected chi connectivity index (χ4v) is 3.04. The maximum atomic E-state index is 12.7. The highest BCUT2D eigenvalue weighted by Crippen LogP contribution is 2.28. The van der Waals surface area contributed by atoms with Crippen LogP contribution in [0.4, 0.5) is 0 Å². The van der Waals surface area contributed by atoms with E-state index in [4.69, 9.17) is 9.47 Å². The Morgan fingerprint density at radius 3 is 2.54 bits per heavy atom. The molecule has 7 nitrogen and oxygen atoms in total. The van der Waals surface area contributed by atoms with E-state index in [1.807, 2.05) is 68.2 Å². The number of carbonyl (C=O) groups is 1. The summed E-state index contributed by atoms with van der Waals surface area (Å²) in [5.74, 6) is 2.06. The van der Waals surface area contributed by atoms with Crippen molar-refractivity contribution in [2.45, 2.75) is 20.3 Å². The first-order valence-corrected chi connectivity index (χ1v) is 9.46. The molecule has 0 aliphatic heterocycles. The van der Waals surface area contributed by atoms with Gasteiger partial charge < -0.3 is 19.4 Å². The normalized spacial score (nSPS) is 10.7. The summed E-state index contributed by atoms with van der Waals surface area (Å²) in [5, 5.41) is 7.20. The van der Waals surface area contributed by atoms with Crippen LogP contribution in [0.15, 0.2) is 48.9 Å². The first-order valence-electron chi connectivity index (χ1n) is 9.46.